The van der Waals surface area contributed by atoms with E-state index in [4.69, 9.17) is 9.84 Å². The zero-order valence-corrected chi connectivity index (χ0v) is 8.74. The second-order valence-electron chi connectivity index (χ2n) is 2.96. The number of carboxylic acids is 1. The topological polar surface area (TPSA) is 58.6 Å². The van der Waals surface area contributed by atoms with Crippen molar-refractivity contribution in [2.45, 2.75) is 6.04 Å². The molecule has 1 heterocycles. The summed E-state index contributed by atoms with van der Waals surface area (Å²) >= 11 is 3.32. The fourth-order valence-electron chi connectivity index (χ4n) is 1.29. The van der Waals surface area contributed by atoms with Gasteiger partial charge in [-0.2, -0.15) is 0 Å². The number of aliphatic carboxylic acids is 1. The Morgan fingerprint density at radius 1 is 1.64 bits per heavy atom. The van der Waals surface area contributed by atoms with Crippen LogP contribution in [-0.4, -0.2) is 23.7 Å². The lowest BCUT2D eigenvalue weighted by Gasteiger charge is -2.25. The molecule has 0 radical (unpaired) electrons. The van der Waals surface area contributed by atoms with Gasteiger partial charge >= 0.3 is 5.97 Å². The van der Waals surface area contributed by atoms with Crippen LogP contribution in [0.2, 0.25) is 0 Å². The summed E-state index contributed by atoms with van der Waals surface area (Å²) in [6.07, 6.45) is 0. The standard InChI is InChI=1S/C9H8BrNO3/c10-5-2-1-3-7-8(5)11-6(4-14-7)9(12)13/h1-3,6,11H,4H2,(H,12,13). The fourth-order valence-corrected chi connectivity index (χ4v) is 1.75. The minimum atomic E-state index is -0.911. The van der Waals surface area contributed by atoms with Crippen molar-refractivity contribution in [3.63, 3.8) is 0 Å². The van der Waals surface area contributed by atoms with E-state index < -0.39 is 12.0 Å². The second-order valence-corrected chi connectivity index (χ2v) is 3.81. The number of fused-ring (bicyclic) bond motifs is 1. The second kappa shape index (κ2) is 3.49. The summed E-state index contributed by atoms with van der Waals surface area (Å²) < 4.78 is 6.11. The van der Waals surface area contributed by atoms with Gasteiger partial charge in [-0.1, -0.05) is 6.07 Å². The zero-order chi connectivity index (χ0) is 10.1. The Labute approximate surface area is 89.0 Å². The van der Waals surface area contributed by atoms with Crippen LogP contribution in [0.15, 0.2) is 22.7 Å². The van der Waals surface area contributed by atoms with E-state index in [-0.39, 0.29) is 6.61 Å². The summed E-state index contributed by atoms with van der Waals surface area (Å²) in [4.78, 5) is 10.7. The molecule has 0 aromatic heterocycles. The maximum absolute atomic E-state index is 10.7. The van der Waals surface area contributed by atoms with E-state index in [0.717, 1.165) is 4.47 Å². The lowest BCUT2D eigenvalue weighted by atomic mass is 10.2. The number of hydrogen-bond donors (Lipinski definition) is 2. The minimum absolute atomic E-state index is 0.152. The van der Waals surface area contributed by atoms with E-state index in [0.29, 0.717) is 11.4 Å². The molecule has 1 unspecified atom stereocenters. The number of ether oxygens (including phenoxy) is 1. The Balaban J connectivity index is 2.33. The molecule has 2 rings (SSSR count). The number of hydrogen-bond acceptors (Lipinski definition) is 3. The highest BCUT2D eigenvalue weighted by atomic mass is 79.9. The van der Waals surface area contributed by atoms with Crippen LogP contribution in [0.25, 0.3) is 0 Å². The van der Waals surface area contributed by atoms with E-state index >= 15 is 0 Å². The van der Waals surface area contributed by atoms with E-state index in [1.54, 1.807) is 6.07 Å². The first-order chi connectivity index (χ1) is 6.68. The van der Waals surface area contributed by atoms with Crippen LogP contribution in [0.4, 0.5) is 5.69 Å². The van der Waals surface area contributed by atoms with Crippen LogP contribution in [0, 0.1) is 0 Å². The molecule has 14 heavy (non-hydrogen) atoms. The fraction of sp³-hybridized carbons (Fsp3) is 0.222. The average Bonchev–Trinajstić information content (AvgIpc) is 2.18. The first kappa shape index (κ1) is 9.33. The molecule has 4 nitrogen and oxygen atoms in total. The average molecular weight is 258 g/mol. The number of carboxylic acid groups (broad SMARTS) is 1. The van der Waals surface area contributed by atoms with Gasteiger partial charge in [-0.05, 0) is 28.1 Å². The van der Waals surface area contributed by atoms with Crippen molar-refractivity contribution in [3.8, 4) is 5.75 Å². The van der Waals surface area contributed by atoms with E-state index in [2.05, 4.69) is 21.2 Å². The SMILES string of the molecule is O=C(O)C1COc2cccc(Br)c2N1. The minimum Gasteiger partial charge on any atom is -0.489 e. The first-order valence-electron chi connectivity index (χ1n) is 4.09. The van der Waals surface area contributed by atoms with Crippen LogP contribution in [-0.2, 0) is 4.79 Å². The number of anilines is 1. The van der Waals surface area contributed by atoms with Gasteiger partial charge in [0.05, 0.1) is 5.69 Å². The van der Waals surface area contributed by atoms with Gasteiger partial charge in [0, 0.05) is 4.47 Å². The molecule has 1 aliphatic heterocycles. The van der Waals surface area contributed by atoms with Crippen LogP contribution in [0.3, 0.4) is 0 Å². The molecule has 1 aromatic carbocycles. The Morgan fingerprint density at radius 3 is 3.14 bits per heavy atom. The molecular formula is C9H8BrNO3. The van der Waals surface area contributed by atoms with Gasteiger partial charge in [0.25, 0.3) is 0 Å². The van der Waals surface area contributed by atoms with Crippen LogP contribution in [0.5, 0.6) is 5.75 Å². The molecule has 0 fully saturated rings. The molecule has 0 bridgehead atoms. The van der Waals surface area contributed by atoms with Crippen molar-refractivity contribution >= 4 is 27.6 Å². The number of rotatable bonds is 1. The van der Waals surface area contributed by atoms with E-state index in [1.807, 2.05) is 12.1 Å². The van der Waals surface area contributed by atoms with E-state index in [9.17, 15) is 4.79 Å². The van der Waals surface area contributed by atoms with Crippen LogP contribution < -0.4 is 10.1 Å². The van der Waals surface area contributed by atoms with Gasteiger partial charge < -0.3 is 15.2 Å². The maximum Gasteiger partial charge on any atom is 0.329 e. The van der Waals surface area contributed by atoms with Crippen molar-refractivity contribution in [1.82, 2.24) is 0 Å². The Bertz CT molecular complexity index is 380. The number of halogens is 1. The molecule has 1 atom stereocenters. The number of para-hydroxylation sites is 1. The Morgan fingerprint density at radius 2 is 2.43 bits per heavy atom. The van der Waals surface area contributed by atoms with Gasteiger partial charge in [-0.25, -0.2) is 4.79 Å². The monoisotopic (exact) mass is 257 g/mol. The van der Waals surface area contributed by atoms with E-state index in [1.165, 1.54) is 0 Å². The highest BCUT2D eigenvalue weighted by Crippen LogP contribution is 2.35. The zero-order valence-electron chi connectivity index (χ0n) is 7.16. The molecule has 0 spiro atoms. The van der Waals surface area contributed by atoms with Gasteiger partial charge in [0.2, 0.25) is 0 Å². The Hall–Kier alpha value is -1.23. The van der Waals surface area contributed by atoms with Crippen molar-refractivity contribution in [2.75, 3.05) is 11.9 Å². The molecule has 0 amide bonds. The molecule has 1 aliphatic rings. The normalized spacial score (nSPS) is 19.1. The lowest BCUT2D eigenvalue weighted by Crippen LogP contribution is -2.38. The molecule has 0 saturated heterocycles. The molecule has 0 saturated carbocycles. The van der Waals surface area contributed by atoms with Crippen molar-refractivity contribution in [3.05, 3.63) is 22.7 Å². The third-order valence-corrected chi connectivity index (χ3v) is 2.66. The summed E-state index contributed by atoms with van der Waals surface area (Å²) in [5.74, 6) is -0.233. The molecule has 5 heteroatoms. The first-order valence-corrected chi connectivity index (χ1v) is 4.88. The molecule has 74 valence electrons. The molecule has 1 aromatic rings. The Kier molecular flexibility index (Phi) is 2.33. The van der Waals surface area contributed by atoms with Crippen molar-refractivity contribution < 1.29 is 14.6 Å². The smallest absolute Gasteiger partial charge is 0.329 e. The predicted molar refractivity (Wildman–Crippen MR) is 54.7 cm³/mol. The maximum atomic E-state index is 10.7. The van der Waals surface area contributed by atoms with Gasteiger partial charge in [0.15, 0.2) is 6.04 Å². The van der Waals surface area contributed by atoms with Crippen molar-refractivity contribution in [1.29, 1.82) is 0 Å². The number of nitrogens with one attached hydrogen (secondary N) is 1. The predicted octanol–water partition coefficient (Wildman–Crippen LogP) is 1.71. The molecule has 0 aliphatic carbocycles. The quantitative estimate of drug-likeness (QED) is 0.805. The third kappa shape index (κ3) is 1.55. The summed E-state index contributed by atoms with van der Waals surface area (Å²) in [5.41, 5.74) is 0.700. The van der Waals surface area contributed by atoms with Gasteiger partial charge in [0.1, 0.15) is 12.4 Å². The lowest BCUT2D eigenvalue weighted by molar-refractivity contribution is -0.138. The molecular weight excluding hydrogens is 250 g/mol. The van der Waals surface area contributed by atoms with Crippen LogP contribution in [0.1, 0.15) is 0 Å². The van der Waals surface area contributed by atoms with Gasteiger partial charge in [-0.15, -0.1) is 0 Å². The summed E-state index contributed by atoms with van der Waals surface area (Å²) in [7, 11) is 0. The van der Waals surface area contributed by atoms with Gasteiger partial charge in [-0.3, -0.25) is 0 Å². The van der Waals surface area contributed by atoms with Crippen molar-refractivity contribution in [2.24, 2.45) is 0 Å². The largest absolute Gasteiger partial charge is 0.489 e. The summed E-state index contributed by atoms with van der Waals surface area (Å²) in [6, 6.07) is 4.79. The highest BCUT2D eigenvalue weighted by Gasteiger charge is 2.25. The number of carbonyl (C=O) groups is 1. The third-order valence-electron chi connectivity index (χ3n) is 2.00. The highest BCUT2D eigenvalue weighted by molar-refractivity contribution is 9.10. The summed E-state index contributed by atoms with van der Waals surface area (Å²) in [5, 5.41) is 11.7. The number of benzene rings is 1. The summed E-state index contributed by atoms with van der Waals surface area (Å²) in [6.45, 7) is 0.152. The van der Waals surface area contributed by atoms with Crippen LogP contribution >= 0.6 is 15.9 Å². The molecule has 2 N–H and O–H groups in total.